The van der Waals surface area contributed by atoms with Crippen molar-refractivity contribution in [3.63, 3.8) is 0 Å². The fourth-order valence-electron chi connectivity index (χ4n) is 1.24. The van der Waals surface area contributed by atoms with Crippen LogP contribution in [0.4, 0.5) is 0 Å². The summed E-state index contributed by atoms with van der Waals surface area (Å²) in [4.78, 5) is 4.30. The van der Waals surface area contributed by atoms with Crippen LogP contribution in [0.1, 0.15) is 39.4 Å². The first-order chi connectivity index (χ1) is 7.72. The minimum absolute atomic E-state index is 0.540. The second kappa shape index (κ2) is 7.57. The number of nitrogens with zero attached hydrogens (tertiary/aromatic N) is 2. The van der Waals surface area contributed by atoms with Gasteiger partial charge in [-0.2, -0.15) is 9.36 Å². The van der Waals surface area contributed by atoms with Crippen LogP contribution in [-0.2, 0) is 6.42 Å². The van der Waals surface area contributed by atoms with Crippen molar-refractivity contribution in [3.8, 4) is 5.19 Å². The van der Waals surface area contributed by atoms with Crippen molar-refractivity contribution >= 4 is 11.5 Å². The molecule has 0 atom stereocenters. The van der Waals surface area contributed by atoms with E-state index in [1.54, 1.807) is 0 Å². The molecule has 1 rings (SSSR count). The van der Waals surface area contributed by atoms with Gasteiger partial charge in [-0.3, -0.25) is 0 Å². The van der Waals surface area contributed by atoms with Gasteiger partial charge in [-0.25, -0.2) is 0 Å². The molecule has 1 heterocycles. The number of aryl methyl sites for hydroxylation is 1. The first kappa shape index (κ1) is 13.4. The standard InChI is InChI=1S/C11H21N3OS/c1-4-6-10-13-11(16-14-10)15-8-5-7-12-9(2)3/h9,12H,4-8H2,1-3H3. The predicted molar refractivity (Wildman–Crippen MR) is 67.2 cm³/mol. The number of rotatable bonds is 8. The van der Waals surface area contributed by atoms with E-state index in [1.807, 2.05) is 0 Å². The lowest BCUT2D eigenvalue weighted by Gasteiger charge is -2.07. The van der Waals surface area contributed by atoms with Crippen molar-refractivity contribution in [2.45, 2.75) is 46.1 Å². The first-order valence-corrected chi connectivity index (χ1v) is 6.68. The van der Waals surface area contributed by atoms with Crippen LogP contribution >= 0.6 is 11.5 Å². The van der Waals surface area contributed by atoms with E-state index in [2.05, 4.69) is 35.4 Å². The SMILES string of the molecule is CCCc1nsc(OCCCNC(C)C)n1. The third kappa shape index (κ3) is 5.42. The zero-order valence-corrected chi connectivity index (χ0v) is 11.1. The molecule has 92 valence electrons. The fraction of sp³-hybridized carbons (Fsp3) is 0.818. The summed E-state index contributed by atoms with van der Waals surface area (Å²) in [6, 6.07) is 0.540. The molecular weight excluding hydrogens is 222 g/mol. The van der Waals surface area contributed by atoms with Crippen LogP contribution in [0.2, 0.25) is 0 Å². The Balaban J connectivity index is 2.12. The molecule has 0 saturated carbocycles. The average molecular weight is 243 g/mol. The van der Waals surface area contributed by atoms with E-state index in [4.69, 9.17) is 4.74 Å². The number of nitrogens with one attached hydrogen (secondary N) is 1. The highest BCUT2D eigenvalue weighted by Crippen LogP contribution is 2.14. The van der Waals surface area contributed by atoms with Gasteiger partial charge in [0.15, 0.2) is 0 Å². The Kier molecular flexibility index (Phi) is 6.33. The topological polar surface area (TPSA) is 47.0 Å². The average Bonchev–Trinajstić information content (AvgIpc) is 2.65. The Morgan fingerprint density at radius 3 is 2.94 bits per heavy atom. The molecule has 0 unspecified atom stereocenters. The zero-order valence-electron chi connectivity index (χ0n) is 10.3. The van der Waals surface area contributed by atoms with Crippen molar-refractivity contribution in [3.05, 3.63) is 5.82 Å². The summed E-state index contributed by atoms with van der Waals surface area (Å²) in [6.07, 6.45) is 3.02. The Morgan fingerprint density at radius 2 is 2.25 bits per heavy atom. The monoisotopic (exact) mass is 243 g/mol. The summed E-state index contributed by atoms with van der Waals surface area (Å²) in [5.74, 6) is 0.905. The van der Waals surface area contributed by atoms with E-state index in [9.17, 15) is 0 Å². The van der Waals surface area contributed by atoms with Crippen LogP contribution < -0.4 is 10.1 Å². The van der Waals surface area contributed by atoms with Gasteiger partial charge in [0, 0.05) is 24.0 Å². The molecule has 1 aromatic rings. The van der Waals surface area contributed by atoms with Crippen LogP contribution in [0.5, 0.6) is 5.19 Å². The highest BCUT2D eigenvalue weighted by molar-refractivity contribution is 7.07. The minimum Gasteiger partial charge on any atom is -0.469 e. The largest absolute Gasteiger partial charge is 0.469 e. The van der Waals surface area contributed by atoms with Gasteiger partial charge < -0.3 is 10.1 Å². The minimum atomic E-state index is 0.540. The quantitative estimate of drug-likeness (QED) is 0.711. The molecule has 0 aliphatic heterocycles. The van der Waals surface area contributed by atoms with Gasteiger partial charge in [0.25, 0.3) is 5.19 Å². The lowest BCUT2D eigenvalue weighted by Crippen LogP contribution is -2.24. The fourth-order valence-corrected chi connectivity index (χ4v) is 1.84. The smallest absolute Gasteiger partial charge is 0.293 e. The molecule has 0 fully saturated rings. The van der Waals surface area contributed by atoms with Crippen molar-refractivity contribution in [1.29, 1.82) is 0 Å². The maximum absolute atomic E-state index is 5.52. The molecule has 0 aliphatic rings. The van der Waals surface area contributed by atoms with Gasteiger partial charge in [0.05, 0.1) is 6.61 Å². The molecule has 4 nitrogen and oxygen atoms in total. The Hall–Kier alpha value is -0.680. The summed E-state index contributed by atoms with van der Waals surface area (Å²) in [5, 5.41) is 4.05. The first-order valence-electron chi connectivity index (χ1n) is 5.91. The number of hydrogen-bond donors (Lipinski definition) is 1. The van der Waals surface area contributed by atoms with E-state index >= 15 is 0 Å². The van der Waals surface area contributed by atoms with Crippen molar-refractivity contribution in [2.75, 3.05) is 13.2 Å². The second-order valence-electron chi connectivity index (χ2n) is 4.04. The summed E-state index contributed by atoms with van der Waals surface area (Å²) in [5.41, 5.74) is 0. The number of aromatic nitrogens is 2. The van der Waals surface area contributed by atoms with E-state index < -0.39 is 0 Å². The molecule has 0 spiro atoms. The molecule has 0 amide bonds. The van der Waals surface area contributed by atoms with Gasteiger partial charge >= 0.3 is 0 Å². The number of hydrogen-bond acceptors (Lipinski definition) is 5. The molecule has 0 saturated heterocycles. The summed E-state index contributed by atoms with van der Waals surface area (Å²) < 4.78 is 9.74. The molecule has 0 aromatic carbocycles. The van der Waals surface area contributed by atoms with E-state index in [0.717, 1.165) is 31.6 Å². The molecule has 0 aliphatic carbocycles. The molecular formula is C11H21N3OS. The molecule has 16 heavy (non-hydrogen) atoms. The van der Waals surface area contributed by atoms with E-state index in [0.29, 0.717) is 17.8 Å². The van der Waals surface area contributed by atoms with Crippen LogP contribution in [0, 0.1) is 0 Å². The van der Waals surface area contributed by atoms with Gasteiger partial charge in [-0.05, 0) is 19.4 Å². The second-order valence-corrected chi connectivity index (χ2v) is 4.75. The van der Waals surface area contributed by atoms with Crippen LogP contribution in [0.15, 0.2) is 0 Å². The van der Waals surface area contributed by atoms with Crippen LogP contribution in [-0.4, -0.2) is 28.6 Å². The zero-order chi connectivity index (χ0) is 11.8. The summed E-state index contributed by atoms with van der Waals surface area (Å²) in [6.45, 7) is 8.10. The van der Waals surface area contributed by atoms with Crippen LogP contribution in [0.3, 0.4) is 0 Å². The lowest BCUT2D eigenvalue weighted by molar-refractivity contribution is 0.304. The normalized spacial score (nSPS) is 11.0. The van der Waals surface area contributed by atoms with Crippen molar-refractivity contribution in [2.24, 2.45) is 0 Å². The maximum atomic E-state index is 5.52. The summed E-state index contributed by atoms with van der Waals surface area (Å²) in [7, 11) is 0. The Labute approximate surface area is 102 Å². The third-order valence-corrected chi connectivity index (χ3v) is 2.69. The molecule has 0 bridgehead atoms. The molecule has 1 N–H and O–H groups in total. The van der Waals surface area contributed by atoms with Gasteiger partial charge in [-0.1, -0.05) is 20.8 Å². The van der Waals surface area contributed by atoms with Crippen molar-refractivity contribution < 1.29 is 4.74 Å². The van der Waals surface area contributed by atoms with E-state index in [-0.39, 0.29) is 0 Å². The molecule has 1 aromatic heterocycles. The number of ether oxygens (including phenoxy) is 1. The highest BCUT2D eigenvalue weighted by Gasteiger charge is 2.03. The lowest BCUT2D eigenvalue weighted by atomic mass is 10.3. The van der Waals surface area contributed by atoms with E-state index in [1.165, 1.54) is 11.5 Å². The van der Waals surface area contributed by atoms with Crippen molar-refractivity contribution in [1.82, 2.24) is 14.7 Å². The van der Waals surface area contributed by atoms with Gasteiger partial charge in [0.2, 0.25) is 0 Å². The third-order valence-electron chi connectivity index (χ3n) is 2.02. The van der Waals surface area contributed by atoms with Crippen LogP contribution in [0.25, 0.3) is 0 Å². The summed E-state index contributed by atoms with van der Waals surface area (Å²) >= 11 is 1.35. The molecule has 5 heteroatoms. The highest BCUT2D eigenvalue weighted by atomic mass is 32.1. The van der Waals surface area contributed by atoms with Gasteiger partial charge in [0.1, 0.15) is 5.82 Å². The Bertz CT molecular complexity index is 289. The molecule has 0 radical (unpaired) electrons. The predicted octanol–water partition coefficient (Wildman–Crippen LogP) is 2.26. The Morgan fingerprint density at radius 1 is 1.44 bits per heavy atom. The van der Waals surface area contributed by atoms with Gasteiger partial charge in [-0.15, -0.1) is 0 Å². The maximum Gasteiger partial charge on any atom is 0.293 e.